The van der Waals surface area contributed by atoms with E-state index in [4.69, 9.17) is 10.3 Å². The van der Waals surface area contributed by atoms with Gasteiger partial charge in [0.05, 0.1) is 5.69 Å². The maximum atomic E-state index is 6.00. The van der Waals surface area contributed by atoms with E-state index in [1.807, 2.05) is 19.9 Å². The van der Waals surface area contributed by atoms with Crippen LogP contribution in [0.4, 0.5) is 0 Å². The Kier molecular flexibility index (Phi) is 3.53. The van der Waals surface area contributed by atoms with Crippen LogP contribution < -0.4 is 5.73 Å². The standard InChI is InChI=1S/C15H20N2O/c1-11-14(12(2)18-17-11)9-15(3,10-16)13-7-5-4-6-8-13/h4-8H,9-10,16H2,1-3H3. The minimum Gasteiger partial charge on any atom is -0.361 e. The van der Waals surface area contributed by atoms with Crippen molar-refractivity contribution >= 4 is 0 Å². The summed E-state index contributed by atoms with van der Waals surface area (Å²) >= 11 is 0. The largest absolute Gasteiger partial charge is 0.361 e. The van der Waals surface area contributed by atoms with Crippen molar-refractivity contribution in [3.63, 3.8) is 0 Å². The molecule has 18 heavy (non-hydrogen) atoms. The fourth-order valence-corrected chi connectivity index (χ4v) is 2.28. The first kappa shape index (κ1) is 12.8. The summed E-state index contributed by atoms with van der Waals surface area (Å²) < 4.78 is 5.23. The summed E-state index contributed by atoms with van der Waals surface area (Å²) in [7, 11) is 0. The molecule has 3 nitrogen and oxygen atoms in total. The van der Waals surface area contributed by atoms with Crippen LogP contribution in [0.25, 0.3) is 0 Å². The van der Waals surface area contributed by atoms with E-state index in [2.05, 4.69) is 36.3 Å². The number of benzene rings is 1. The van der Waals surface area contributed by atoms with Crippen molar-refractivity contribution in [2.75, 3.05) is 6.54 Å². The van der Waals surface area contributed by atoms with Gasteiger partial charge in [0.1, 0.15) is 5.76 Å². The van der Waals surface area contributed by atoms with Gasteiger partial charge in [-0.3, -0.25) is 0 Å². The third-order valence-electron chi connectivity index (χ3n) is 3.67. The molecule has 96 valence electrons. The fourth-order valence-electron chi connectivity index (χ4n) is 2.28. The molecule has 1 aromatic heterocycles. The number of rotatable bonds is 4. The predicted octanol–water partition coefficient (Wildman–Crippen LogP) is 2.75. The van der Waals surface area contributed by atoms with Crippen molar-refractivity contribution in [3.05, 3.63) is 52.9 Å². The first-order valence-electron chi connectivity index (χ1n) is 6.24. The third-order valence-corrected chi connectivity index (χ3v) is 3.67. The second-order valence-corrected chi connectivity index (χ2v) is 5.11. The zero-order valence-corrected chi connectivity index (χ0v) is 11.2. The van der Waals surface area contributed by atoms with Crippen LogP contribution in [0.1, 0.15) is 29.5 Å². The van der Waals surface area contributed by atoms with Gasteiger partial charge < -0.3 is 10.3 Å². The normalized spacial score (nSPS) is 14.4. The van der Waals surface area contributed by atoms with Gasteiger partial charge in [0.2, 0.25) is 0 Å². The smallest absolute Gasteiger partial charge is 0.137 e. The van der Waals surface area contributed by atoms with Gasteiger partial charge in [-0.05, 0) is 25.8 Å². The van der Waals surface area contributed by atoms with Gasteiger partial charge in [-0.25, -0.2) is 0 Å². The summed E-state index contributed by atoms with van der Waals surface area (Å²) in [5, 5.41) is 4.01. The molecule has 1 unspecified atom stereocenters. The van der Waals surface area contributed by atoms with Crippen LogP contribution in [0, 0.1) is 13.8 Å². The number of aromatic nitrogens is 1. The van der Waals surface area contributed by atoms with E-state index < -0.39 is 0 Å². The van der Waals surface area contributed by atoms with Crippen LogP contribution in [0.2, 0.25) is 0 Å². The molecule has 2 aromatic rings. The third kappa shape index (κ3) is 2.31. The highest BCUT2D eigenvalue weighted by molar-refractivity contribution is 5.31. The van der Waals surface area contributed by atoms with Crippen molar-refractivity contribution in [2.45, 2.75) is 32.6 Å². The molecule has 0 fully saturated rings. The molecule has 1 aromatic carbocycles. The molecule has 0 radical (unpaired) electrons. The molecule has 0 saturated carbocycles. The summed E-state index contributed by atoms with van der Waals surface area (Å²) in [5.41, 5.74) is 9.31. The number of aryl methyl sites for hydroxylation is 2. The van der Waals surface area contributed by atoms with Crippen LogP contribution in [0.15, 0.2) is 34.9 Å². The maximum Gasteiger partial charge on any atom is 0.137 e. The van der Waals surface area contributed by atoms with Crippen molar-refractivity contribution < 1.29 is 4.52 Å². The minimum atomic E-state index is -0.0810. The lowest BCUT2D eigenvalue weighted by molar-refractivity contribution is 0.390. The van der Waals surface area contributed by atoms with Crippen LogP contribution in [-0.2, 0) is 11.8 Å². The van der Waals surface area contributed by atoms with E-state index in [-0.39, 0.29) is 5.41 Å². The van der Waals surface area contributed by atoms with Gasteiger partial charge in [0, 0.05) is 17.5 Å². The van der Waals surface area contributed by atoms with Gasteiger partial charge in [-0.15, -0.1) is 0 Å². The topological polar surface area (TPSA) is 52.0 Å². The maximum absolute atomic E-state index is 6.00. The Morgan fingerprint density at radius 3 is 2.39 bits per heavy atom. The SMILES string of the molecule is Cc1noc(C)c1CC(C)(CN)c1ccccc1. The quantitative estimate of drug-likeness (QED) is 0.899. The van der Waals surface area contributed by atoms with Gasteiger partial charge >= 0.3 is 0 Å². The number of hydrogen-bond donors (Lipinski definition) is 1. The average Bonchev–Trinajstić information content (AvgIpc) is 2.71. The highest BCUT2D eigenvalue weighted by Crippen LogP contribution is 2.29. The average molecular weight is 244 g/mol. The molecule has 0 bridgehead atoms. The van der Waals surface area contributed by atoms with E-state index >= 15 is 0 Å². The molecule has 0 saturated heterocycles. The summed E-state index contributed by atoms with van der Waals surface area (Å²) in [6, 6.07) is 10.4. The Morgan fingerprint density at radius 1 is 1.22 bits per heavy atom. The van der Waals surface area contributed by atoms with E-state index in [1.165, 1.54) is 11.1 Å². The second kappa shape index (κ2) is 4.94. The van der Waals surface area contributed by atoms with Crippen LogP contribution in [0.5, 0.6) is 0 Å². The molecular weight excluding hydrogens is 224 g/mol. The van der Waals surface area contributed by atoms with Crippen molar-refractivity contribution in [3.8, 4) is 0 Å². The van der Waals surface area contributed by atoms with Gasteiger partial charge in [0.15, 0.2) is 0 Å². The molecular formula is C15H20N2O. The van der Waals surface area contributed by atoms with E-state index in [1.54, 1.807) is 0 Å². The molecule has 0 aliphatic rings. The Bertz CT molecular complexity index is 499. The molecule has 3 heteroatoms. The Morgan fingerprint density at radius 2 is 1.89 bits per heavy atom. The Hall–Kier alpha value is -1.61. The molecule has 1 heterocycles. The predicted molar refractivity (Wildman–Crippen MR) is 72.5 cm³/mol. The Labute approximate surface area is 108 Å². The zero-order valence-electron chi connectivity index (χ0n) is 11.2. The lowest BCUT2D eigenvalue weighted by Gasteiger charge is -2.28. The Balaban J connectivity index is 2.35. The highest BCUT2D eigenvalue weighted by atomic mass is 16.5. The second-order valence-electron chi connectivity index (χ2n) is 5.11. The van der Waals surface area contributed by atoms with Gasteiger partial charge in [-0.1, -0.05) is 42.4 Å². The van der Waals surface area contributed by atoms with Crippen LogP contribution in [-0.4, -0.2) is 11.7 Å². The summed E-state index contributed by atoms with van der Waals surface area (Å²) in [5.74, 6) is 0.892. The van der Waals surface area contributed by atoms with Crippen LogP contribution >= 0.6 is 0 Å². The van der Waals surface area contributed by atoms with Crippen molar-refractivity contribution in [2.24, 2.45) is 5.73 Å². The number of nitrogens with two attached hydrogens (primary N) is 1. The van der Waals surface area contributed by atoms with Crippen molar-refractivity contribution in [1.82, 2.24) is 5.16 Å². The van der Waals surface area contributed by atoms with E-state index in [0.717, 1.165) is 17.9 Å². The fraction of sp³-hybridized carbons (Fsp3) is 0.400. The summed E-state index contributed by atoms with van der Waals surface area (Å²) in [6.07, 6.45) is 0.856. The molecule has 0 aliphatic carbocycles. The van der Waals surface area contributed by atoms with Crippen molar-refractivity contribution in [1.29, 1.82) is 0 Å². The van der Waals surface area contributed by atoms with Crippen LogP contribution in [0.3, 0.4) is 0 Å². The van der Waals surface area contributed by atoms with Gasteiger partial charge in [0.25, 0.3) is 0 Å². The van der Waals surface area contributed by atoms with Gasteiger partial charge in [-0.2, -0.15) is 0 Å². The molecule has 0 aliphatic heterocycles. The molecule has 0 spiro atoms. The summed E-state index contributed by atoms with van der Waals surface area (Å²) in [6.45, 7) is 6.72. The highest BCUT2D eigenvalue weighted by Gasteiger charge is 2.28. The molecule has 2 N–H and O–H groups in total. The lowest BCUT2D eigenvalue weighted by atomic mass is 9.77. The monoisotopic (exact) mass is 244 g/mol. The molecule has 0 amide bonds. The summed E-state index contributed by atoms with van der Waals surface area (Å²) in [4.78, 5) is 0. The number of nitrogens with zero attached hydrogens (tertiary/aromatic N) is 1. The van der Waals surface area contributed by atoms with E-state index in [0.29, 0.717) is 6.54 Å². The van der Waals surface area contributed by atoms with E-state index in [9.17, 15) is 0 Å². The first-order valence-corrected chi connectivity index (χ1v) is 6.24. The number of hydrogen-bond acceptors (Lipinski definition) is 3. The zero-order chi connectivity index (χ0) is 13.2. The first-order chi connectivity index (χ1) is 8.57. The minimum absolute atomic E-state index is 0.0810. The molecule has 1 atom stereocenters. The lowest BCUT2D eigenvalue weighted by Crippen LogP contribution is -2.34. The molecule has 2 rings (SSSR count).